The molecule has 1 nitrogen and oxygen atoms in total. The van der Waals surface area contributed by atoms with E-state index in [9.17, 15) is 4.39 Å². The van der Waals surface area contributed by atoms with Crippen molar-refractivity contribution in [3.8, 4) is 0 Å². The number of halogens is 1. The van der Waals surface area contributed by atoms with Gasteiger partial charge in [-0.1, -0.05) is 32.9 Å². The number of nitrogens with one attached hydrogen (secondary N) is 1. The summed E-state index contributed by atoms with van der Waals surface area (Å²) in [5.41, 5.74) is 2.07. The lowest BCUT2D eigenvalue weighted by Gasteiger charge is -2.44. The van der Waals surface area contributed by atoms with E-state index < -0.39 is 0 Å². The molecular weight excluding hydrogens is 261 g/mol. The molecule has 116 valence electrons. The minimum absolute atomic E-state index is 0.152. The Hall–Kier alpha value is -0.890. The first kappa shape index (κ1) is 15.0. The third kappa shape index (κ3) is 2.63. The minimum atomic E-state index is -0.152. The van der Waals surface area contributed by atoms with Crippen LogP contribution in [0.3, 0.4) is 0 Å². The van der Waals surface area contributed by atoms with Crippen LogP contribution in [0.25, 0.3) is 0 Å². The van der Waals surface area contributed by atoms with Gasteiger partial charge in [-0.25, -0.2) is 4.39 Å². The van der Waals surface area contributed by atoms with E-state index in [1.54, 1.807) is 12.1 Å². The molecule has 2 fully saturated rings. The predicted molar refractivity (Wildman–Crippen MR) is 85.7 cm³/mol. The van der Waals surface area contributed by atoms with Crippen LogP contribution in [0.15, 0.2) is 24.3 Å². The molecule has 1 aromatic rings. The first-order valence-electron chi connectivity index (χ1n) is 8.32. The second-order valence-corrected chi connectivity index (χ2v) is 8.25. The van der Waals surface area contributed by atoms with E-state index >= 15 is 0 Å². The van der Waals surface area contributed by atoms with Gasteiger partial charge in [-0.2, -0.15) is 0 Å². The van der Waals surface area contributed by atoms with Crippen molar-refractivity contribution < 1.29 is 4.39 Å². The number of fused-ring (bicyclic) bond motifs is 2. The van der Waals surface area contributed by atoms with E-state index in [1.807, 2.05) is 12.1 Å². The van der Waals surface area contributed by atoms with E-state index in [0.29, 0.717) is 22.9 Å². The van der Waals surface area contributed by atoms with Gasteiger partial charge in [0.05, 0.1) is 0 Å². The summed E-state index contributed by atoms with van der Waals surface area (Å²) in [6.45, 7) is 9.59. The molecule has 0 aromatic heterocycles. The van der Waals surface area contributed by atoms with Crippen LogP contribution in [0, 0.1) is 22.6 Å². The normalized spacial score (nSPS) is 35.1. The average Bonchev–Trinajstić information content (AvgIpc) is 2.89. The molecule has 0 heterocycles. The zero-order valence-electron chi connectivity index (χ0n) is 13.7. The van der Waals surface area contributed by atoms with Gasteiger partial charge in [0.1, 0.15) is 5.82 Å². The molecule has 2 unspecified atom stereocenters. The van der Waals surface area contributed by atoms with Crippen LogP contribution in [0.2, 0.25) is 0 Å². The fourth-order valence-corrected chi connectivity index (χ4v) is 5.04. The van der Waals surface area contributed by atoms with Gasteiger partial charge in [-0.15, -0.1) is 0 Å². The topological polar surface area (TPSA) is 12.0 Å². The van der Waals surface area contributed by atoms with E-state index in [2.05, 4.69) is 33.0 Å². The Morgan fingerprint density at radius 2 is 1.90 bits per heavy atom. The van der Waals surface area contributed by atoms with Crippen LogP contribution in [-0.4, -0.2) is 12.1 Å². The predicted octanol–water partition coefficient (Wildman–Crippen LogP) is 4.56. The van der Waals surface area contributed by atoms with Gasteiger partial charge in [-0.3, -0.25) is 0 Å². The van der Waals surface area contributed by atoms with Crippen molar-refractivity contribution in [2.75, 3.05) is 0 Å². The second-order valence-electron chi connectivity index (χ2n) is 8.25. The number of hydrogen-bond acceptors (Lipinski definition) is 1. The van der Waals surface area contributed by atoms with E-state index in [-0.39, 0.29) is 5.82 Å². The largest absolute Gasteiger partial charge is 0.310 e. The summed E-state index contributed by atoms with van der Waals surface area (Å²) < 4.78 is 13.0. The van der Waals surface area contributed by atoms with Gasteiger partial charge in [0, 0.05) is 12.1 Å². The monoisotopic (exact) mass is 289 g/mol. The molecule has 21 heavy (non-hydrogen) atoms. The number of hydrogen-bond donors (Lipinski definition) is 1. The van der Waals surface area contributed by atoms with Gasteiger partial charge in [0.2, 0.25) is 0 Å². The molecule has 0 radical (unpaired) electrons. The molecule has 0 saturated heterocycles. The summed E-state index contributed by atoms with van der Waals surface area (Å²) in [7, 11) is 0. The molecule has 1 N–H and O–H groups in total. The Kier molecular flexibility index (Phi) is 3.64. The van der Waals surface area contributed by atoms with Crippen LogP contribution >= 0.6 is 0 Å². The van der Waals surface area contributed by atoms with Crippen LogP contribution < -0.4 is 5.32 Å². The lowest BCUT2D eigenvalue weighted by molar-refractivity contribution is 0.100. The van der Waals surface area contributed by atoms with Gasteiger partial charge in [0.15, 0.2) is 0 Å². The molecule has 1 aromatic carbocycles. The van der Waals surface area contributed by atoms with Gasteiger partial charge < -0.3 is 5.32 Å². The van der Waals surface area contributed by atoms with E-state index in [0.717, 1.165) is 12.3 Å². The van der Waals surface area contributed by atoms with E-state index in [4.69, 9.17) is 0 Å². The van der Waals surface area contributed by atoms with Crippen molar-refractivity contribution in [2.45, 2.75) is 65.5 Å². The summed E-state index contributed by atoms with van der Waals surface area (Å²) in [6.07, 6.45) is 5.10. The lowest BCUT2D eigenvalue weighted by atomic mass is 9.68. The smallest absolute Gasteiger partial charge is 0.123 e. The number of rotatable bonds is 4. The molecule has 2 bridgehead atoms. The summed E-state index contributed by atoms with van der Waals surface area (Å²) in [5, 5.41) is 3.91. The lowest BCUT2D eigenvalue weighted by Crippen LogP contribution is -2.53. The van der Waals surface area contributed by atoms with Crippen molar-refractivity contribution in [2.24, 2.45) is 16.7 Å². The maximum Gasteiger partial charge on any atom is 0.123 e. The van der Waals surface area contributed by atoms with Gasteiger partial charge in [-0.05, 0) is 67.1 Å². The first-order chi connectivity index (χ1) is 9.81. The Labute approximate surface area is 128 Å². The second kappa shape index (κ2) is 5.08. The molecule has 0 amide bonds. The Morgan fingerprint density at radius 1 is 1.24 bits per heavy atom. The first-order valence-corrected chi connectivity index (χ1v) is 8.32. The maximum absolute atomic E-state index is 13.0. The van der Waals surface area contributed by atoms with Crippen molar-refractivity contribution in [3.63, 3.8) is 0 Å². The van der Waals surface area contributed by atoms with Crippen molar-refractivity contribution in [3.05, 3.63) is 35.6 Å². The molecule has 4 atom stereocenters. The van der Waals surface area contributed by atoms with Crippen LogP contribution in [0.5, 0.6) is 0 Å². The minimum Gasteiger partial charge on any atom is -0.310 e. The Bertz CT molecular complexity index is 502. The highest BCUT2D eigenvalue weighted by molar-refractivity contribution is 5.18. The molecule has 2 saturated carbocycles. The quantitative estimate of drug-likeness (QED) is 0.856. The Balaban J connectivity index is 1.67. The average molecular weight is 289 g/mol. The third-order valence-corrected chi connectivity index (χ3v) is 6.18. The fourth-order valence-electron chi connectivity index (χ4n) is 5.04. The van der Waals surface area contributed by atoms with Gasteiger partial charge in [0.25, 0.3) is 0 Å². The van der Waals surface area contributed by atoms with Crippen LogP contribution in [0.4, 0.5) is 4.39 Å². The SMILES string of the molecule is CC(Cc1ccc(F)cc1)NC1C(C)(C)[C@H]2CC[C@]1(C)C2. The van der Waals surface area contributed by atoms with Crippen molar-refractivity contribution in [1.29, 1.82) is 0 Å². The zero-order valence-corrected chi connectivity index (χ0v) is 13.7. The standard InChI is InChI=1S/C19H28FN/c1-13(11-14-5-7-16(20)8-6-14)21-17-18(2,3)15-9-10-19(17,4)12-15/h5-8,13,15,17,21H,9-12H2,1-4H3/t13?,15-,17?,19+/m0/s1. The highest BCUT2D eigenvalue weighted by atomic mass is 19.1. The molecule has 2 aliphatic carbocycles. The highest BCUT2D eigenvalue weighted by Crippen LogP contribution is 2.62. The highest BCUT2D eigenvalue weighted by Gasteiger charge is 2.59. The van der Waals surface area contributed by atoms with E-state index in [1.165, 1.54) is 24.8 Å². The number of benzene rings is 1. The van der Waals surface area contributed by atoms with Crippen LogP contribution in [0.1, 0.15) is 52.5 Å². The van der Waals surface area contributed by atoms with Gasteiger partial charge >= 0.3 is 0 Å². The van der Waals surface area contributed by atoms with Crippen LogP contribution in [-0.2, 0) is 6.42 Å². The molecule has 0 spiro atoms. The summed E-state index contributed by atoms with van der Waals surface area (Å²) in [5.74, 6) is 0.721. The Morgan fingerprint density at radius 3 is 2.48 bits per heavy atom. The summed E-state index contributed by atoms with van der Waals surface area (Å²) >= 11 is 0. The molecular formula is C19H28FN. The summed E-state index contributed by atoms with van der Waals surface area (Å²) in [4.78, 5) is 0. The molecule has 0 aliphatic heterocycles. The van der Waals surface area contributed by atoms with Crippen molar-refractivity contribution >= 4 is 0 Å². The maximum atomic E-state index is 13.0. The third-order valence-electron chi connectivity index (χ3n) is 6.18. The summed E-state index contributed by atoms with van der Waals surface area (Å²) in [6, 6.07) is 7.95. The fraction of sp³-hybridized carbons (Fsp3) is 0.684. The molecule has 2 aliphatic rings. The zero-order chi connectivity index (χ0) is 15.3. The molecule has 2 heteroatoms. The molecule has 3 rings (SSSR count). The van der Waals surface area contributed by atoms with Crippen molar-refractivity contribution in [1.82, 2.24) is 5.32 Å².